The van der Waals surface area contributed by atoms with E-state index in [-0.39, 0.29) is 5.78 Å². The highest BCUT2D eigenvalue weighted by molar-refractivity contribution is 6.02. The summed E-state index contributed by atoms with van der Waals surface area (Å²) in [7, 11) is 0. The number of halogens is 1. The van der Waals surface area contributed by atoms with E-state index in [1.165, 1.54) is 13.8 Å². The topological polar surface area (TPSA) is 43.4 Å². The van der Waals surface area contributed by atoms with Crippen molar-refractivity contribution < 1.29 is 18.7 Å². The molecule has 0 N–H and O–H groups in total. The Morgan fingerprint density at radius 3 is 2.31 bits per heavy atom. The van der Waals surface area contributed by atoms with Crippen molar-refractivity contribution in [3.63, 3.8) is 0 Å². The predicted molar refractivity (Wildman–Crippen MR) is 56.9 cm³/mol. The van der Waals surface area contributed by atoms with E-state index in [1.54, 1.807) is 30.3 Å². The van der Waals surface area contributed by atoms with Gasteiger partial charge >= 0.3 is 5.97 Å². The van der Waals surface area contributed by atoms with Crippen LogP contribution in [0.2, 0.25) is 0 Å². The number of hydrogen-bond acceptors (Lipinski definition) is 3. The van der Waals surface area contributed by atoms with Crippen LogP contribution in [-0.2, 0) is 9.53 Å². The van der Waals surface area contributed by atoms with Crippen LogP contribution in [0, 0.1) is 0 Å². The number of alkyl halides is 1. The van der Waals surface area contributed by atoms with E-state index in [2.05, 4.69) is 0 Å². The zero-order chi connectivity index (χ0) is 12.2. The third-order valence-electron chi connectivity index (χ3n) is 2.06. The molecule has 0 aromatic heterocycles. The number of carbonyl (C=O) groups excluding carboxylic acids is 2. The molecule has 0 saturated heterocycles. The Morgan fingerprint density at radius 1 is 1.25 bits per heavy atom. The molecule has 0 atom stereocenters. The molecule has 4 heteroatoms. The van der Waals surface area contributed by atoms with Gasteiger partial charge in [-0.15, -0.1) is 0 Å². The summed E-state index contributed by atoms with van der Waals surface area (Å²) in [6.45, 7) is 1.65. The summed E-state index contributed by atoms with van der Waals surface area (Å²) in [4.78, 5) is 22.7. The van der Waals surface area contributed by atoms with E-state index in [4.69, 9.17) is 4.74 Å². The summed E-state index contributed by atoms with van der Waals surface area (Å²) < 4.78 is 16.7. The highest BCUT2D eigenvalue weighted by Gasteiger charge is 2.32. The second kappa shape index (κ2) is 4.88. The smallest absolute Gasteiger partial charge is 0.338 e. The molecular weight excluding hydrogens is 211 g/mol. The molecule has 0 unspecified atom stereocenters. The summed E-state index contributed by atoms with van der Waals surface area (Å²) in [5.41, 5.74) is -0.913. The van der Waals surface area contributed by atoms with Gasteiger partial charge in [-0.1, -0.05) is 30.3 Å². The minimum absolute atomic E-state index is 0.352. The van der Waals surface area contributed by atoms with Gasteiger partial charge in [0.05, 0.1) is 0 Å². The monoisotopic (exact) mass is 224 g/mol. The molecule has 0 aliphatic heterocycles. The van der Waals surface area contributed by atoms with Gasteiger partial charge in [0, 0.05) is 5.56 Å². The van der Waals surface area contributed by atoms with Crippen LogP contribution in [0.15, 0.2) is 30.3 Å². The van der Waals surface area contributed by atoms with Gasteiger partial charge in [0.25, 0.3) is 0 Å². The molecule has 3 nitrogen and oxygen atoms in total. The maximum Gasteiger partial charge on any atom is 0.338 e. The second-order valence-corrected chi connectivity index (χ2v) is 3.81. The summed E-state index contributed by atoms with van der Waals surface area (Å²) in [6, 6.07) is 8.43. The van der Waals surface area contributed by atoms with Crippen molar-refractivity contribution in [2.75, 3.05) is 6.67 Å². The lowest BCUT2D eigenvalue weighted by atomic mass is 9.96. The van der Waals surface area contributed by atoms with Crippen molar-refractivity contribution >= 4 is 11.8 Å². The average molecular weight is 224 g/mol. The van der Waals surface area contributed by atoms with Crippen LogP contribution >= 0.6 is 0 Å². The lowest BCUT2D eigenvalue weighted by Crippen LogP contribution is -2.37. The quantitative estimate of drug-likeness (QED) is 0.581. The maximum absolute atomic E-state index is 12.0. The van der Waals surface area contributed by atoms with Gasteiger partial charge in [-0.05, 0) is 13.8 Å². The van der Waals surface area contributed by atoms with Crippen LogP contribution in [0.5, 0.6) is 0 Å². The Kier molecular flexibility index (Phi) is 3.77. The van der Waals surface area contributed by atoms with Gasteiger partial charge in [-0.3, -0.25) is 4.79 Å². The highest BCUT2D eigenvalue weighted by Crippen LogP contribution is 2.17. The number of carbonyl (C=O) groups is 2. The maximum atomic E-state index is 12.0. The fraction of sp³-hybridized carbons (Fsp3) is 0.333. The Morgan fingerprint density at radius 2 is 1.81 bits per heavy atom. The Balaban J connectivity index is 2.84. The number of rotatable bonds is 4. The van der Waals surface area contributed by atoms with E-state index in [0.717, 1.165) is 0 Å². The van der Waals surface area contributed by atoms with Crippen LogP contribution in [-0.4, -0.2) is 24.0 Å². The Hall–Kier alpha value is -1.71. The van der Waals surface area contributed by atoms with E-state index in [1.807, 2.05) is 0 Å². The minimum atomic E-state index is -1.34. The normalized spacial score (nSPS) is 10.9. The van der Waals surface area contributed by atoms with Gasteiger partial charge in [0.15, 0.2) is 12.3 Å². The Labute approximate surface area is 93.2 Å². The third kappa shape index (κ3) is 2.89. The minimum Gasteiger partial charge on any atom is -0.449 e. The number of hydrogen-bond donors (Lipinski definition) is 0. The molecule has 0 amide bonds. The molecule has 0 spiro atoms. The van der Waals surface area contributed by atoms with Crippen molar-refractivity contribution in [3.8, 4) is 0 Å². The van der Waals surface area contributed by atoms with Crippen molar-refractivity contribution in [3.05, 3.63) is 35.9 Å². The summed E-state index contributed by atoms with van der Waals surface area (Å²) >= 11 is 0. The van der Waals surface area contributed by atoms with Crippen molar-refractivity contribution in [1.82, 2.24) is 0 Å². The van der Waals surface area contributed by atoms with Crippen molar-refractivity contribution in [2.24, 2.45) is 0 Å². The van der Waals surface area contributed by atoms with Crippen LogP contribution in [0.3, 0.4) is 0 Å². The summed E-state index contributed by atoms with van der Waals surface area (Å²) in [5.74, 6) is -1.39. The number of ketones is 1. The fourth-order valence-electron chi connectivity index (χ4n) is 1.30. The first-order valence-electron chi connectivity index (χ1n) is 4.85. The van der Waals surface area contributed by atoms with Crippen LogP contribution < -0.4 is 0 Å². The molecule has 16 heavy (non-hydrogen) atoms. The van der Waals surface area contributed by atoms with Crippen LogP contribution in [0.1, 0.15) is 24.2 Å². The fourth-order valence-corrected chi connectivity index (χ4v) is 1.30. The molecule has 0 fully saturated rings. The molecular formula is C12H13FO3. The molecule has 0 saturated carbocycles. The zero-order valence-corrected chi connectivity index (χ0v) is 9.20. The highest BCUT2D eigenvalue weighted by atomic mass is 19.1. The van der Waals surface area contributed by atoms with Crippen LogP contribution in [0.4, 0.5) is 4.39 Å². The van der Waals surface area contributed by atoms with E-state index < -0.39 is 18.2 Å². The van der Waals surface area contributed by atoms with E-state index in [0.29, 0.717) is 5.56 Å². The number of ether oxygens (including phenoxy) is 1. The third-order valence-corrected chi connectivity index (χ3v) is 2.06. The first-order chi connectivity index (χ1) is 7.47. The predicted octanol–water partition coefficient (Wildman–Crippen LogP) is 2.16. The van der Waals surface area contributed by atoms with Gasteiger partial charge in [0.1, 0.15) is 0 Å². The van der Waals surface area contributed by atoms with Crippen molar-refractivity contribution in [2.45, 2.75) is 19.4 Å². The molecule has 0 aliphatic rings. The van der Waals surface area contributed by atoms with Gasteiger partial charge in [-0.25, -0.2) is 9.18 Å². The van der Waals surface area contributed by atoms with E-state index in [9.17, 15) is 14.0 Å². The number of esters is 1. The molecule has 0 heterocycles. The largest absolute Gasteiger partial charge is 0.449 e. The van der Waals surface area contributed by atoms with Crippen molar-refractivity contribution in [1.29, 1.82) is 0 Å². The molecule has 0 bridgehead atoms. The van der Waals surface area contributed by atoms with Gasteiger partial charge in [-0.2, -0.15) is 0 Å². The first-order valence-corrected chi connectivity index (χ1v) is 4.85. The zero-order valence-electron chi connectivity index (χ0n) is 9.20. The number of benzene rings is 1. The number of Topliss-reactive ketones (excluding diaryl/α,β-unsaturated/α-hetero) is 1. The lowest BCUT2D eigenvalue weighted by Gasteiger charge is -2.22. The molecule has 86 valence electrons. The molecule has 0 radical (unpaired) electrons. The Bertz CT molecular complexity index is 385. The van der Waals surface area contributed by atoms with Gasteiger partial charge in [0.2, 0.25) is 5.78 Å². The molecule has 1 aromatic rings. The van der Waals surface area contributed by atoms with Gasteiger partial charge < -0.3 is 4.74 Å². The first kappa shape index (κ1) is 12.4. The lowest BCUT2D eigenvalue weighted by molar-refractivity contribution is -0.153. The average Bonchev–Trinajstić information content (AvgIpc) is 2.28. The van der Waals surface area contributed by atoms with E-state index >= 15 is 0 Å². The molecule has 1 rings (SSSR count). The molecule has 1 aromatic carbocycles. The summed E-state index contributed by atoms with van der Waals surface area (Å²) in [6.07, 6.45) is 0. The SMILES string of the molecule is CC(C)(OC(=O)CF)C(=O)c1ccccc1. The van der Waals surface area contributed by atoms with Crippen LogP contribution in [0.25, 0.3) is 0 Å². The standard InChI is InChI=1S/C12H13FO3/c1-12(2,16-10(14)8-13)11(15)9-6-4-3-5-7-9/h3-7H,8H2,1-2H3. The molecule has 0 aliphatic carbocycles. The second-order valence-electron chi connectivity index (χ2n) is 3.81. The summed E-state index contributed by atoms with van der Waals surface area (Å²) in [5, 5.41) is 0.